The largest absolute Gasteiger partial charge is 0.325 e. The third-order valence-electron chi connectivity index (χ3n) is 2.19. The van der Waals surface area contributed by atoms with Crippen LogP contribution < -0.4 is 16.4 Å². The fourth-order valence-corrected chi connectivity index (χ4v) is 1.52. The van der Waals surface area contributed by atoms with Crippen LogP contribution in [0.5, 0.6) is 0 Å². The maximum absolute atomic E-state index is 11.5. The van der Waals surface area contributed by atoms with E-state index in [1.54, 1.807) is 18.2 Å². The molecule has 1 aromatic rings. The predicted molar refractivity (Wildman–Crippen MR) is 72.7 cm³/mol. The summed E-state index contributed by atoms with van der Waals surface area (Å²) in [6, 6.07) is 4.85. The lowest BCUT2D eigenvalue weighted by atomic mass is 10.2. The standard InChI is InChI=1S/C12H16ClN3O2/c1-2-3-11(17)16-10-6-8(4-5-9(10)13)15-12(18)7-14/h4-6H,2-3,7,14H2,1H3,(H,15,18)(H,16,17). The Balaban J connectivity index is 2.80. The van der Waals surface area contributed by atoms with Crippen molar-refractivity contribution in [1.82, 2.24) is 0 Å². The van der Waals surface area contributed by atoms with Gasteiger partial charge >= 0.3 is 0 Å². The number of nitrogens with one attached hydrogen (secondary N) is 2. The third-order valence-corrected chi connectivity index (χ3v) is 2.52. The quantitative estimate of drug-likeness (QED) is 0.764. The predicted octanol–water partition coefficient (Wildman–Crippen LogP) is 1.98. The van der Waals surface area contributed by atoms with Crippen LogP contribution >= 0.6 is 11.6 Å². The lowest BCUT2D eigenvalue weighted by Crippen LogP contribution is -2.22. The molecule has 98 valence electrons. The Bertz CT molecular complexity index is 449. The molecule has 0 bridgehead atoms. The number of carbonyl (C=O) groups excluding carboxylic acids is 2. The van der Waals surface area contributed by atoms with Crippen molar-refractivity contribution < 1.29 is 9.59 Å². The molecule has 2 amide bonds. The van der Waals surface area contributed by atoms with Crippen molar-refractivity contribution in [1.29, 1.82) is 0 Å². The smallest absolute Gasteiger partial charge is 0.238 e. The molecule has 4 N–H and O–H groups in total. The van der Waals surface area contributed by atoms with Gasteiger partial charge in [0, 0.05) is 12.1 Å². The number of hydrogen-bond donors (Lipinski definition) is 3. The molecule has 0 saturated carbocycles. The van der Waals surface area contributed by atoms with Crippen LogP contribution in [0.4, 0.5) is 11.4 Å². The molecule has 18 heavy (non-hydrogen) atoms. The second-order valence-corrected chi connectivity index (χ2v) is 4.15. The Labute approximate surface area is 111 Å². The first-order valence-corrected chi connectivity index (χ1v) is 6.04. The normalized spacial score (nSPS) is 9.94. The van der Waals surface area contributed by atoms with Gasteiger partial charge < -0.3 is 16.4 Å². The Morgan fingerprint density at radius 3 is 2.61 bits per heavy atom. The van der Waals surface area contributed by atoms with Gasteiger partial charge in [-0.2, -0.15) is 0 Å². The number of rotatable bonds is 5. The van der Waals surface area contributed by atoms with Crippen molar-refractivity contribution in [2.45, 2.75) is 19.8 Å². The summed E-state index contributed by atoms with van der Waals surface area (Å²) in [5.74, 6) is -0.412. The lowest BCUT2D eigenvalue weighted by molar-refractivity contribution is -0.116. The van der Waals surface area contributed by atoms with Gasteiger partial charge in [-0.1, -0.05) is 18.5 Å². The van der Waals surface area contributed by atoms with Gasteiger partial charge in [0.25, 0.3) is 0 Å². The molecule has 0 aliphatic rings. The van der Waals surface area contributed by atoms with E-state index in [4.69, 9.17) is 17.3 Å². The summed E-state index contributed by atoms with van der Waals surface area (Å²) in [4.78, 5) is 22.6. The molecule has 0 aliphatic heterocycles. The minimum atomic E-state index is -0.303. The van der Waals surface area contributed by atoms with Gasteiger partial charge in [-0.05, 0) is 24.6 Å². The van der Waals surface area contributed by atoms with Crippen molar-refractivity contribution in [2.24, 2.45) is 5.73 Å². The molecule has 0 saturated heterocycles. The first-order chi connectivity index (χ1) is 8.56. The van der Waals surface area contributed by atoms with E-state index in [0.29, 0.717) is 22.8 Å². The number of carbonyl (C=O) groups is 2. The summed E-state index contributed by atoms with van der Waals surface area (Å²) >= 11 is 5.96. The Morgan fingerprint density at radius 1 is 1.28 bits per heavy atom. The fraction of sp³-hybridized carbons (Fsp3) is 0.333. The average molecular weight is 270 g/mol. The summed E-state index contributed by atoms with van der Waals surface area (Å²) in [7, 11) is 0. The summed E-state index contributed by atoms with van der Waals surface area (Å²) in [6.07, 6.45) is 1.18. The topological polar surface area (TPSA) is 84.2 Å². The number of halogens is 1. The molecule has 0 unspecified atom stereocenters. The molecular weight excluding hydrogens is 254 g/mol. The number of amides is 2. The van der Waals surface area contributed by atoms with Gasteiger partial charge in [0.05, 0.1) is 17.3 Å². The maximum Gasteiger partial charge on any atom is 0.238 e. The Morgan fingerprint density at radius 2 is 2.00 bits per heavy atom. The van der Waals surface area contributed by atoms with Gasteiger partial charge in [0.2, 0.25) is 11.8 Å². The van der Waals surface area contributed by atoms with Gasteiger partial charge in [-0.3, -0.25) is 9.59 Å². The Kier molecular flexibility index (Phi) is 5.61. The van der Waals surface area contributed by atoms with Crippen LogP contribution in [0.2, 0.25) is 5.02 Å². The van der Waals surface area contributed by atoms with Crippen LogP contribution in [0.3, 0.4) is 0 Å². The molecule has 0 aliphatic carbocycles. The monoisotopic (exact) mass is 269 g/mol. The van der Waals surface area contributed by atoms with E-state index in [9.17, 15) is 9.59 Å². The zero-order valence-electron chi connectivity index (χ0n) is 10.1. The summed E-state index contributed by atoms with van der Waals surface area (Å²) in [6.45, 7) is 1.82. The van der Waals surface area contributed by atoms with Crippen molar-refractivity contribution in [3.05, 3.63) is 23.2 Å². The third kappa shape index (κ3) is 4.35. The highest BCUT2D eigenvalue weighted by molar-refractivity contribution is 6.33. The van der Waals surface area contributed by atoms with Crippen LogP contribution in [-0.2, 0) is 9.59 Å². The number of nitrogens with two attached hydrogens (primary N) is 1. The van der Waals surface area contributed by atoms with E-state index in [1.165, 1.54) is 0 Å². The Hall–Kier alpha value is -1.59. The number of benzene rings is 1. The minimum absolute atomic E-state index is 0.0971. The molecular formula is C12H16ClN3O2. The molecule has 0 spiro atoms. The molecule has 1 aromatic carbocycles. The van der Waals surface area contributed by atoms with Gasteiger partial charge in [0.1, 0.15) is 0 Å². The second kappa shape index (κ2) is 6.98. The van der Waals surface area contributed by atoms with E-state index >= 15 is 0 Å². The first kappa shape index (κ1) is 14.5. The summed E-state index contributed by atoms with van der Waals surface area (Å²) in [5, 5.41) is 5.70. The molecule has 0 aromatic heterocycles. The highest BCUT2D eigenvalue weighted by Crippen LogP contribution is 2.25. The molecule has 0 fully saturated rings. The lowest BCUT2D eigenvalue weighted by Gasteiger charge is -2.10. The second-order valence-electron chi connectivity index (χ2n) is 3.75. The fourth-order valence-electron chi connectivity index (χ4n) is 1.35. The van der Waals surface area contributed by atoms with Crippen molar-refractivity contribution in [3.63, 3.8) is 0 Å². The van der Waals surface area contributed by atoms with E-state index in [0.717, 1.165) is 6.42 Å². The summed E-state index contributed by atoms with van der Waals surface area (Å²) < 4.78 is 0. The maximum atomic E-state index is 11.5. The van der Waals surface area contributed by atoms with Crippen molar-refractivity contribution in [2.75, 3.05) is 17.2 Å². The number of anilines is 2. The van der Waals surface area contributed by atoms with Crippen molar-refractivity contribution in [3.8, 4) is 0 Å². The highest BCUT2D eigenvalue weighted by atomic mass is 35.5. The first-order valence-electron chi connectivity index (χ1n) is 5.66. The van der Waals surface area contributed by atoms with Crippen LogP contribution in [0.25, 0.3) is 0 Å². The van der Waals surface area contributed by atoms with E-state index in [-0.39, 0.29) is 18.4 Å². The average Bonchev–Trinajstić information content (AvgIpc) is 2.33. The van der Waals surface area contributed by atoms with E-state index in [2.05, 4.69) is 10.6 Å². The van der Waals surface area contributed by atoms with Gasteiger partial charge in [0.15, 0.2) is 0 Å². The summed E-state index contributed by atoms with van der Waals surface area (Å²) in [5.41, 5.74) is 6.22. The van der Waals surface area contributed by atoms with Crippen LogP contribution in [0.1, 0.15) is 19.8 Å². The van der Waals surface area contributed by atoms with Crippen LogP contribution in [-0.4, -0.2) is 18.4 Å². The van der Waals surface area contributed by atoms with Crippen LogP contribution in [0.15, 0.2) is 18.2 Å². The molecule has 0 heterocycles. The zero-order chi connectivity index (χ0) is 13.5. The van der Waals surface area contributed by atoms with Crippen molar-refractivity contribution >= 4 is 34.8 Å². The molecule has 0 radical (unpaired) electrons. The van der Waals surface area contributed by atoms with E-state index < -0.39 is 0 Å². The molecule has 6 heteroatoms. The zero-order valence-corrected chi connectivity index (χ0v) is 10.9. The van der Waals surface area contributed by atoms with E-state index in [1.807, 2.05) is 6.92 Å². The SMILES string of the molecule is CCCC(=O)Nc1cc(NC(=O)CN)ccc1Cl. The molecule has 1 rings (SSSR count). The molecule has 5 nitrogen and oxygen atoms in total. The minimum Gasteiger partial charge on any atom is -0.325 e. The molecule has 0 atom stereocenters. The highest BCUT2D eigenvalue weighted by Gasteiger charge is 2.07. The van der Waals surface area contributed by atoms with Gasteiger partial charge in [-0.25, -0.2) is 0 Å². The van der Waals surface area contributed by atoms with Gasteiger partial charge in [-0.15, -0.1) is 0 Å². The number of hydrogen-bond acceptors (Lipinski definition) is 3. The van der Waals surface area contributed by atoms with Crippen LogP contribution in [0, 0.1) is 0 Å².